The summed E-state index contributed by atoms with van der Waals surface area (Å²) in [6.45, 7) is 0. The van der Waals surface area contributed by atoms with Crippen molar-refractivity contribution in [2.45, 2.75) is 49.9 Å². The third-order valence-corrected chi connectivity index (χ3v) is 4.35. The summed E-state index contributed by atoms with van der Waals surface area (Å²) >= 11 is 0. The van der Waals surface area contributed by atoms with Crippen molar-refractivity contribution in [3.63, 3.8) is 0 Å². The van der Waals surface area contributed by atoms with Gasteiger partial charge in [0.05, 0.1) is 12.2 Å². The Hall–Kier alpha value is -1.06. The predicted octanol–water partition coefficient (Wildman–Crippen LogP) is 2.83. The van der Waals surface area contributed by atoms with E-state index in [4.69, 9.17) is 9.47 Å². The summed E-state index contributed by atoms with van der Waals surface area (Å²) in [6, 6.07) is 7.83. The lowest BCUT2D eigenvalue weighted by Crippen LogP contribution is -2.45. The predicted molar refractivity (Wildman–Crippen MR) is 68.6 cm³/mol. The molecule has 1 heterocycles. The Bertz CT molecular complexity index is 422. The van der Waals surface area contributed by atoms with Crippen molar-refractivity contribution in [1.29, 1.82) is 0 Å². The van der Waals surface area contributed by atoms with Crippen molar-refractivity contribution in [2.75, 3.05) is 7.11 Å². The highest BCUT2D eigenvalue weighted by Crippen LogP contribution is 2.46. The van der Waals surface area contributed by atoms with Gasteiger partial charge in [0.15, 0.2) is 0 Å². The minimum Gasteiger partial charge on any atom is -0.487 e. The van der Waals surface area contributed by atoms with Crippen LogP contribution in [-0.2, 0) is 4.74 Å². The van der Waals surface area contributed by atoms with E-state index in [0.29, 0.717) is 12.5 Å². The van der Waals surface area contributed by atoms with Gasteiger partial charge in [0.2, 0.25) is 0 Å². The molecule has 1 saturated carbocycles. The van der Waals surface area contributed by atoms with Gasteiger partial charge in [0.25, 0.3) is 0 Å². The standard InChI is InChI=1S/C15H20O3/c1-17-11-6-8-15(9-7-11)10-13(16)12-4-2-3-5-14(12)18-15/h2-5,11,13,16H,6-10H2,1H3/t11?,13-,15?/m1/s1. The maximum atomic E-state index is 10.3. The fraction of sp³-hybridized carbons (Fsp3) is 0.600. The van der Waals surface area contributed by atoms with E-state index in [2.05, 4.69) is 0 Å². The van der Waals surface area contributed by atoms with E-state index in [1.807, 2.05) is 24.3 Å². The summed E-state index contributed by atoms with van der Waals surface area (Å²) < 4.78 is 11.6. The van der Waals surface area contributed by atoms with E-state index in [9.17, 15) is 5.11 Å². The molecule has 0 radical (unpaired) electrons. The van der Waals surface area contributed by atoms with Crippen LogP contribution in [-0.4, -0.2) is 23.9 Å². The Kier molecular flexibility index (Phi) is 3.04. The number of fused-ring (bicyclic) bond motifs is 1. The molecule has 2 aliphatic rings. The number of para-hydroxylation sites is 1. The molecule has 1 N–H and O–H groups in total. The molecule has 1 aromatic carbocycles. The molecule has 0 unspecified atom stereocenters. The molecule has 3 heteroatoms. The molecule has 18 heavy (non-hydrogen) atoms. The molecule has 3 rings (SSSR count). The SMILES string of the molecule is COC1CCC2(CC1)C[C@@H](O)c1ccccc1O2. The summed E-state index contributed by atoms with van der Waals surface area (Å²) in [4.78, 5) is 0. The molecule has 0 amide bonds. The minimum atomic E-state index is -0.394. The fourth-order valence-electron chi connectivity index (χ4n) is 3.25. The van der Waals surface area contributed by atoms with Crippen LogP contribution in [0.15, 0.2) is 24.3 Å². The van der Waals surface area contributed by atoms with Crippen molar-refractivity contribution >= 4 is 0 Å². The van der Waals surface area contributed by atoms with Crippen LogP contribution in [0.2, 0.25) is 0 Å². The highest BCUT2D eigenvalue weighted by atomic mass is 16.5. The van der Waals surface area contributed by atoms with E-state index in [0.717, 1.165) is 37.0 Å². The lowest BCUT2D eigenvalue weighted by atomic mass is 9.77. The third-order valence-electron chi connectivity index (χ3n) is 4.35. The summed E-state index contributed by atoms with van der Waals surface area (Å²) in [7, 11) is 1.77. The van der Waals surface area contributed by atoms with Gasteiger partial charge in [-0.15, -0.1) is 0 Å². The fourth-order valence-corrected chi connectivity index (χ4v) is 3.25. The van der Waals surface area contributed by atoms with Gasteiger partial charge in [-0.3, -0.25) is 0 Å². The van der Waals surface area contributed by atoms with Crippen molar-refractivity contribution < 1.29 is 14.6 Å². The number of methoxy groups -OCH3 is 1. The van der Waals surface area contributed by atoms with Crippen LogP contribution < -0.4 is 4.74 Å². The second-order valence-corrected chi connectivity index (χ2v) is 5.48. The quantitative estimate of drug-likeness (QED) is 0.830. The monoisotopic (exact) mass is 248 g/mol. The molecule has 1 aliphatic carbocycles. The number of ether oxygens (including phenoxy) is 2. The number of aliphatic hydroxyl groups excluding tert-OH is 1. The average molecular weight is 248 g/mol. The maximum absolute atomic E-state index is 10.3. The first-order valence-corrected chi connectivity index (χ1v) is 6.71. The van der Waals surface area contributed by atoms with Gasteiger partial charge in [-0.1, -0.05) is 18.2 Å². The molecule has 1 atom stereocenters. The molecule has 98 valence electrons. The third kappa shape index (κ3) is 2.02. The summed E-state index contributed by atoms with van der Waals surface area (Å²) in [5.74, 6) is 0.854. The molecule has 1 spiro atoms. The molecule has 0 saturated heterocycles. The zero-order valence-electron chi connectivity index (χ0n) is 10.8. The van der Waals surface area contributed by atoms with Crippen molar-refractivity contribution in [3.8, 4) is 5.75 Å². The first-order chi connectivity index (χ1) is 8.72. The van der Waals surface area contributed by atoms with Gasteiger partial charge in [0.1, 0.15) is 11.4 Å². The Morgan fingerprint density at radius 1 is 1.28 bits per heavy atom. The molecule has 1 fully saturated rings. The average Bonchev–Trinajstić information content (AvgIpc) is 2.40. The Balaban J connectivity index is 1.81. The van der Waals surface area contributed by atoms with Gasteiger partial charge < -0.3 is 14.6 Å². The molecular weight excluding hydrogens is 228 g/mol. The zero-order valence-corrected chi connectivity index (χ0v) is 10.8. The number of rotatable bonds is 1. The van der Waals surface area contributed by atoms with Crippen LogP contribution in [0.5, 0.6) is 5.75 Å². The van der Waals surface area contributed by atoms with Gasteiger partial charge in [0, 0.05) is 19.1 Å². The van der Waals surface area contributed by atoms with Gasteiger partial charge >= 0.3 is 0 Å². The lowest BCUT2D eigenvalue weighted by molar-refractivity contribution is -0.0671. The molecule has 0 aromatic heterocycles. The highest BCUT2D eigenvalue weighted by molar-refractivity contribution is 5.38. The largest absolute Gasteiger partial charge is 0.487 e. The van der Waals surface area contributed by atoms with E-state index < -0.39 is 6.10 Å². The second kappa shape index (κ2) is 4.56. The van der Waals surface area contributed by atoms with E-state index in [1.165, 1.54) is 0 Å². The van der Waals surface area contributed by atoms with Crippen LogP contribution in [0, 0.1) is 0 Å². The zero-order chi connectivity index (χ0) is 12.6. The minimum absolute atomic E-state index is 0.178. The van der Waals surface area contributed by atoms with Gasteiger partial charge in [-0.2, -0.15) is 0 Å². The summed E-state index contributed by atoms with van der Waals surface area (Å²) in [5, 5.41) is 10.3. The number of aliphatic hydroxyl groups is 1. The maximum Gasteiger partial charge on any atom is 0.125 e. The highest BCUT2D eigenvalue weighted by Gasteiger charge is 2.43. The van der Waals surface area contributed by atoms with E-state index in [-0.39, 0.29) is 5.60 Å². The number of hydrogen-bond donors (Lipinski definition) is 1. The Morgan fingerprint density at radius 3 is 2.72 bits per heavy atom. The molecule has 1 aliphatic heterocycles. The molecular formula is C15H20O3. The second-order valence-electron chi connectivity index (χ2n) is 5.48. The topological polar surface area (TPSA) is 38.7 Å². The Labute approximate surface area is 108 Å². The van der Waals surface area contributed by atoms with E-state index in [1.54, 1.807) is 7.11 Å². The number of benzene rings is 1. The molecule has 3 nitrogen and oxygen atoms in total. The number of hydrogen-bond acceptors (Lipinski definition) is 3. The van der Waals surface area contributed by atoms with Crippen molar-refractivity contribution in [3.05, 3.63) is 29.8 Å². The molecule has 0 bridgehead atoms. The molecule has 1 aromatic rings. The smallest absolute Gasteiger partial charge is 0.125 e. The van der Waals surface area contributed by atoms with Crippen LogP contribution in [0.4, 0.5) is 0 Å². The van der Waals surface area contributed by atoms with E-state index >= 15 is 0 Å². The van der Waals surface area contributed by atoms with Gasteiger partial charge in [-0.25, -0.2) is 0 Å². The van der Waals surface area contributed by atoms with Crippen LogP contribution >= 0.6 is 0 Å². The normalized spacial score (nSPS) is 35.0. The van der Waals surface area contributed by atoms with Crippen LogP contribution in [0.25, 0.3) is 0 Å². The first kappa shape index (κ1) is 12.0. The van der Waals surface area contributed by atoms with Crippen molar-refractivity contribution in [1.82, 2.24) is 0 Å². The lowest BCUT2D eigenvalue weighted by Gasteiger charge is -2.44. The Morgan fingerprint density at radius 2 is 2.00 bits per heavy atom. The van der Waals surface area contributed by atoms with Gasteiger partial charge in [-0.05, 0) is 31.7 Å². The summed E-state index contributed by atoms with van der Waals surface area (Å²) in [5.41, 5.74) is 0.750. The van der Waals surface area contributed by atoms with Crippen LogP contribution in [0.1, 0.15) is 43.8 Å². The van der Waals surface area contributed by atoms with Crippen molar-refractivity contribution in [2.24, 2.45) is 0 Å². The summed E-state index contributed by atoms with van der Waals surface area (Å²) in [6.07, 6.45) is 4.65. The first-order valence-electron chi connectivity index (χ1n) is 6.71. The van der Waals surface area contributed by atoms with Crippen LogP contribution in [0.3, 0.4) is 0 Å².